The second kappa shape index (κ2) is 9.41. The van der Waals surface area contributed by atoms with Crippen molar-refractivity contribution in [3.63, 3.8) is 0 Å². The van der Waals surface area contributed by atoms with E-state index in [0.717, 1.165) is 73.7 Å². The van der Waals surface area contributed by atoms with Crippen LogP contribution in [0.4, 0.5) is 17.6 Å². The summed E-state index contributed by atoms with van der Waals surface area (Å²) < 4.78 is 5.68. The second-order valence-electron chi connectivity index (χ2n) is 11.0. The van der Waals surface area contributed by atoms with Crippen LogP contribution in [0.2, 0.25) is 0 Å². The van der Waals surface area contributed by atoms with Gasteiger partial charge in [0.05, 0.1) is 12.3 Å². The SMILES string of the molecule is Cc1cc(Nc2nc(NC3CC4CCCC(C3)N4C(=O)CC3CC3)nc(C3CCOC3)c2C)n[nH]1. The van der Waals surface area contributed by atoms with E-state index in [4.69, 9.17) is 14.7 Å². The quantitative estimate of drug-likeness (QED) is 0.546. The minimum absolute atomic E-state index is 0.270. The maximum atomic E-state index is 13.0. The summed E-state index contributed by atoms with van der Waals surface area (Å²) in [7, 11) is 0. The third-order valence-electron chi connectivity index (χ3n) is 8.21. The molecule has 2 aromatic heterocycles. The highest BCUT2D eigenvalue weighted by Gasteiger charge is 2.42. The van der Waals surface area contributed by atoms with Crippen LogP contribution in [0.15, 0.2) is 6.07 Å². The number of hydrogen-bond donors (Lipinski definition) is 3. The molecule has 2 aromatic rings. The van der Waals surface area contributed by atoms with Crippen LogP contribution in [0.5, 0.6) is 0 Å². The van der Waals surface area contributed by atoms with Crippen molar-refractivity contribution in [3.05, 3.63) is 23.0 Å². The lowest BCUT2D eigenvalue weighted by molar-refractivity contribution is -0.141. The van der Waals surface area contributed by atoms with Gasteiger partial charge in [0, 0.05) is 54.4 Å². The van der Waals surface area contributed by atoms with Crippen LogP contribution in [-0.4, -0.2) is 62.3 Å². The maximum absolute atomic E-state index is 13.0. The molecule has 35 heavy (non-hydrogen) atoms. The van der Waals surface area contributed by atoms with Gasteiger partial charge in [0.1, 0.15) is 5.82 Å². The number of piperidine rings is 2. The first-order valence-electron chi connectivity index (χ1n) is 13.4. The fraction of sp³-hybridized carbons (Fsp3) is 0.692. The first-order valence-corrected chi connectivity index (χ1v) is 13.4. The molecule has 9 nitrogen and oxygen atoms in total. The molecule has 3 saturated heterocycles. The first kappa shape index (κ1) is 22.8. The summed E-state index contributed by atoms with van der Waals surface area (Å²) in [6, 6.07) is 2.92. The van der Waals surface area contributed by atoms with Gasteiger partial charge in [-0.2, -0.15) is 10.1 Å². The molecule has 3 N–H and O–H groups in total. The number of ether oxygens (including phenoxy) is 1. The van der Waals surface area contributed by atoms with Gasteiger partial charge in [0.25, 0.3) is 0 Å². The number of fused-ring (bicyclic) bond motifs is 2. The summed E-state index contributed by atoms with van der Waals surface area (Å²) >= 11 is 0. The zero-order chi connectivity index (χ0) is 23.9. The molecular formula is C26H37N7O2. The lowest BCUT2D eigenvalue weighted by Gasteiger charge is -2.49. The molecule has 3 unspecified atom stereocenters. The van der Waals surface area contributed by atoms with E-state index in [1.165, 1.54) is 19.3 Å². The predicted octanol–water partition coefficient (Wildman–Crippen LogP) is 4.19. The van der Waals surface area contributed by atoms with Gasteiger partial charge in [-0.25, -0.2) is 4.98 Å². The maximum Gasteiger partial charge on any atom is 0.225 e. The molecule has 0 radical (unpaired) electrons. The number of hydrogen-bond acceptors (Lipinski definition) is 7. The first-order chi connectivity index (χ1) is 17.0. The number of amides is 1. The number of nitrogens with one attached hydrogen (secondary N) is 3. The molecule has 1 aliphatic carbocycles. The van der Waals surface area contributed by atoms with Crippen molar-refractivity contribution >= 4 is 23.5 Å². The van der Waals surface area contributed by atoms with Gasteiger partial charge in [-0.05, 0) is 71.1 Å². The molecule has 6 rings (SSSR count). The van der Waals surface area contributed by atoms with E-state index in [1.807, 2.05) is 13.0 Å². The van der Waals surface area contributed by atoms with Gasteiger partial charge in [-0.1, -0.05) is 0 Å². The highest BCUT2D eigenvalue weighted by Crippen LogP contribution is 2.39. The van der Waals surface area contributed by atoms with Crippen LogP contribution in [0.25, 0.3) is 0 Å². The molecule has 4 aliphatic rings. The van der Waals surface area contributed by atoms with Crippen LogP contribution in [0.1, 0.15) is 80.7 Å². The molecule has 4 fully saturated rings. The normalized spacial score (nSPS) is 28.2. The number of H-pyrrole nitrogens is 1. The minimum atomic E-state index is 0.270. The van der Waals surface area contributed by atoms with Crippen molar-refractivity contribution in [3.8, 4) is 0 Å². The number of aromatic nitrogens is 4. The molecule has 3 atom stereocenters. The Morgan fingerprint density at radius 1 is 1.14 bits per heavy atom. The van der Waals surface area contributed by atoms with Crippen molar-refractivity contribution in [2.24, 2.45) is 5.92 Å². The fourth-order valence-corrected chi connectivity index (χ4v) is 6.23. The van der Waals surface area contributed by atoms with E-state index < -0.39 is 0 Å². The average molecular weight is 480 g/mol. The smallest absolute Gasteiger partial charge is 0.225 e. The van der Waals surface area contributed by atoms with Crippen LogP contribution >= 0.6 is 0 Å². The Bertz CT molecular complexity index is 1060. The van der Waals surface area contributed by atoms with Crippen molar-refractivity contribution in [1.29, 1.82) is 0 Å². The molecule has 0 aromatic carbocycles. The van der Waals surface area contributed by atoms with Crippen LogP contribution in [-0.2, 0) is 9.53 Å². The van der Waals surface area contributed by atoms with Crippen LogP contribution in [0, 0.1) is 19.8 Å². The largest absolute Gasteiger partial charge is 0.381 e. The summed E-state index contributed by atoms with van der Waals surface area (Å²) in [6.07, 6.45) is 9.55. The van der Waals surface area contributed by atoms with Gasteiger partial charge in [-0.15, -0.1) is 0 Å². The third kappa shape index (κ3) is 4.87. The van der Waals surface area contributed by atoms with Gasteiger partial charge >= 0.3 is 0 Å². The Morgan fingerprint density at radius 2 is 1.94 bits per heavy atom. The molecule has 5 heterocycles. The van der Waals surface area contributed by atoms with Gasteiger partial charge in [-0.3, -0.25) is 9.89 Å². The number of carbonyl (C=O) groups is 1. The Balaban J connectivity index is 1.22. The van der Waals surface area contributed by atoms with Gasteiger partial charge < -0.3 is 20.3 Å². The van der Waals surface area contributed by atoms with Gasteiger partial charge in [0.2, 0.25) is 11.9 Å². The lowest BCUT2D eigenvalue weighted by atomic mass is 9.81. The topological polar surface area (TPSA) is 108 Å². The Morgan fingerprint density at radius 3 is 2.60 bits per heavy atom. The molecule has 1 amide bonds. The lowest BCUT2D eigenvalue weighted by Crippen LogP contribution is -2.57. The third-order valence-corrected chi connectivity index (χ3v) is 8.21. The summed E-state index contributed by atoms with van der Waals surface area (Å²) in [6.45, 7) is 5.53. The van der Waals surface area contributed by atoms with E-state index in [0.29, 0.717) is 36.5 Å². The van der Waals surface area contributed by atoms with Crippen molar-refractivity contribution in [2.45, 2.75) is 95.7 Å². The molecule has 2 bridgehead atoms. The Hall–Kier alpha value is -2.68. The number of aryl methyl sites for hydroxylation is 1. The van der Waals surface area contributed by atoms with Crippen molar-refractivity contribution in [2.75, 3.05) is 23.8 Å². The molecular weight excluding hydrogens is 442 g/mol. The van der Waals surface area contributed by atoms with E-state index in [9.17, 15) is 4.79 Å². The fourth-order valence-electron chi connectivity index (χ4n) is 6.23. The van der Waals surface area contributed by atoms with E-state index in [2.05, 4.69) is 32.7 Å². The Kier molecular flexibility index (Phi) is 6.12. The summed E-state index contributed by atoms with van der Waals surface area (Å²) in [5.41, 5.74) is 3.09. The number of nitrogens with zero attached hydrogens (tertiary/aromatic N) is 4. The predicted molar refractivity (Wildman–Crippen MR) is 134 cm³/mol. The van der Waals surface area contributed by atoms with E-state index in [-0.39, 0.29) is 12.0 Å². The van der Waals surface area contributed by atoms with Crippen LogP contribution < -0.4 is 10.6 Å². The van der Waals surface area contributed by atoms with E-state index >= 15 is 0 Å². The summed E-state index contributed by atoms with van der Waals surface area (Å²) in [4.78, 5) is 25.2. The van der Waals surface area contributed by atoms with Crippen LogP contribution in [0.3, 0.4) is 0 Å². The average Bonchev–Trinajstić information content (AvgIpc) is 3.28. The molecule has 3 aliphatic heterocycles. The second-order valence-corrected chi connectivity index (χ2v) is 11.0. The molecule has 188 valence electrons. The molecule has 1 saturated carbocycles. The zero-order valence-electron chi connectivity index (χ0n) is 20.8. The van der Waals surface area contributed by atoms with Crippen molar-refractivity contribution in [1.82, 2.24) is 25.1 Å². The number of carbonyl (C=O) groups excluding carboxylic acids is 1. The standard InChI is InChI=1S/C26H37N7O2/c1-15-10-22(32-31-15)28-25-16(2)24(18-8-9-35-14-18)29-26(30-25)27-19-12-20-4-3-5-21(13-19)33(20)23(34)11-17-6-7-17/h10,17-21H,3-9,11-14H2,1-2H3,(H3,27,28,29,30,31,32). The highest BCUT2D eigenvalue weighted by molar-refractivity contribution is 5.77. The zero-order valence-corrected chi connectivity index (χ0v) is 20.8. The minimum Gasteiger partial charge on any atom is -0.381 e. The summed E-state index contributed by atoms with van der Waals surface area (Å²) in [5, 5.41) is 14.4. The molecule has 0 spiro atoms. The number of aromatic amines is 1. The molecule has 9 heteroatoms. The highest BCUT2D eigenvalue weighted by atomic mass is 16.5. The Labute approximate surface area is 206 Å². The van der Waals surface area contributed by atoms with E-state index in [1.54, 1.807) is 0 Å². The summed E-state index contributed by atoms with van der Waals surface area (Å²) in [5.74, 6) is 3.50. The number of rotatable bonds is 7. The van der Waals surface area contributed by atoms with Gasteiger partial charge in [0.15, 0.2) is 5.82 Å². The monoisotopic (exact) mass is 479 g/mol. The number of anilines is 3. The van der Waals surface area contributed by atoms with Crippen molar-refractivity contribution < 1.29 is 9.53 Å².